The number of aromatic nitrogens is 1. The van der Waals surface area contributed by atoms with Gasteiger partial charge in [0.1, 0.15) is 0 Å². The lowest BCUT2D eigenvalue weighted by atomic mass is 10.2. The Kier molecular flexibility index (Phi) is 11.3. The molecule has 0 aromatic carbocycles. The molecule has 1 N–H and O–H groups in total. The minimum atomic E-state index is -0.00417. The second kappa shape index (κ2) is 12.8. The molecule has 0 aliphatic rings. The van der Waals surface area contributed by atoms with Crippen molar-refractivity contribution in [2.24, 2.45) is 0 Å². The summed E-state index contributed by atoms with van der Waals surface area (Å²) in [5, 5.41) is 9.19. The Morgan fingerprint density at radius 2 is 1.82 bits per heavy atom. The van der Waals surface area contributed by atoms with E-state index in [1.165, 1.54) is 4.90 Å². The lowest BCUT2D eigenvalue weighted by molar-refractivity contribution is 0.0516. The molecule has 0 atom stereocenters. The highest BCUT2D eigenvalue weighted by Crippen LogP contribution is 2.24. The van der Waals surface area contributed by atoms with Crippen molar-refractivity contribution in [2.45, 2.75) is 31.3 Å². The quantitative estimate of drug-likeness (QED) is 0.443. The highest BCUT2D eigenvalue weighted by Gasteiger charge is 2.04. The van der Waals surface area contributed by atoms with Crippen LogP contribution in [0.2, 0.25) is 0 Å². The summed E-state index contributed by atoms with van der Waals surface area (Å²) < 4.78 is 15.8. The van der Waals surface area contributed by atoms with E-state index in [4.69, 9.17) is 14.2 Å². The summed E-state index contributed by atoms with van der Waals surface area (Å²) in [6.45, 7) is 5.51. The maximum absolute atomic E-state index is 9.19. The number of aliphatic hydroxyl groups is 1. The van der Waals surface area contributed by atoms with E-state index in [0.717, 1.165) is 49.7 Å². The monoisotopic (exact) mass is 329 g/mol. The third-order valence-corrected chi connectivity index (χ3v) is 4.35. The first kappa shape index (κ1) is 19.4. The van der Waals surface area contributed by atoms with Crippen LogP contribution in [0.3, 0.4) is 0 Å². The van der Waals surface area contributed by atoms with Gasteiger partial charge in [-0.25, -0.2) is 0 Å². The predicted octanol–water partition coefficient (Wildman–Crippen LogP) is 2.43. The smallest absolute Gasteiger partial charge is 0.0856 e. The second-order valence-electron chi connectivity index (χ2n) is 4.81. The number of methoxy groups -OCH3 is 1. The van der Waals surface area contributed by atoms with Crippen LogP contribution < -0.4 is 0 Å². The van der Waals surface area contributed by atoms with Gasteiger partial charge in [0, 0.05) is 43.8 Å². The van der Waals surface area contributed by atoms with Gasteiger partial charge in [-0.3, -0.25) is 4.98 Å². The van der Waals surface area contributed by atoms with Gasteiger partial charge in [-0.05, 0) is 31.4 Å². The zero-order valence-corrected chi connectivity index (χ0v) is 14.4. The fraction of sp³-hybridized carbons (Fsp3) is 0.688. The fourth-order valence-corrected chi connectivity index (χ4v) is 2.80. The fourth-order valence-electron chi connectivity index (χ4n) is 1.83. The third kappa shape index (κ3) is 8.10. The first-order valence-electron chi connectivity index (χ1n) is 7.62. The minimum Gasteiger partial charge on any atom is -0.390 e. The zero-order valence-electron chi connectivity index (χ0n) is 13.5. The van der Waals surface area contributed by atoms with E-state index in [1.807, 2.05) is 13.0 Å². The molecule has 0 radical (unpaired) electrons. The van der Waals surface area contributed by atoms with Crippen molar-refractivity contribution in [3.63, 3.8) is 0 Å². The molecular weight excluding hydrogens is 302 g/mol. The highest BCUT2D eigenvalue weighted by atomic mass is 32.2. The van der Waals surface area contributed by atoms with E-state index in [2.05, 4.69) is 4.98 Å². The summed E-state index contributed by atoms with van der Waals surface area (Å²) in [6.07, 6.45) is 3.67. The molecule has 0 saturated heterocycles. The molecule has 0 unspecified atom stereocenters. The summed E-state index contributed by atoms with van der Waals surface area (Å²) in [6, 6.07) is 2.00. The van der Waals surface area contributed by atoms with Gasteiger partial charge in [0.2, 0.25) is 0 Å². The van der Waals surface area contributed by atoms with E-state index < -0.39 is 0 Å². The zero-order chi connectivity index (χ0) is 16.0. The summed E-state index contributed by atoms with van der Waals surface area (Å²) in [5.74, 6) is 1.00. The van der Waals surface area contributed by atoms with Gasteiger partial charge in [0.15, 0.2) is 0 Å². The van der Waals surface area contributed by atoms with Crippen LogP contribution in [0.5, 0.6) is 0 Å². The molecule has 126 valence electrons. The maximum atomic E-state index is 9.19. The average Bonchev–Trinajstić information content (AvgIpc) is 2.54. The summed E-state index contributed by atoms with van der Waals surface area (Å²) in [4.78, 5) is 5.34. The van der Waals surface area contributed by atoms with E-state index in [9.17, 15) is 5.11 Å². The summed E-state index contributed by atoms with van der Waals surface area (Å²) >= 11 is 1.78. The van der Waals surface area contributed by atoms with Crippen LogP contribution in [-0.4, -0.2) is 56.0 Å². The Morgan fingerprint density at radius 3 is 2.55 bits per heavy atom. The lowest BCUT2D eigenvalue weighted by Crippen LogP contribution is -2.06. The predicted molar refractivity (Wildman–Crippen MR) is 88.4 cm³/mol. The maximum Gasteiger partial charge on any atom is 0.0856 e. The first-order valence-corrected chi connectivity index (χ1v) is 8.60. The molecule has 6 heteroatoms. The van der Waals surface area contributed by atoms with Crippen molar-refractivity contribution in [3.8, 4) is 0 Å². The number of hydrogen-bond donors (Lipinski definition) is 1. The van der Waals surface area contributed by atoms with Crippen LogP contribution in [0.25, 0.3) is 0 Å². The molecule has 1 aromatic heterocycles. The van der Waals surface area contributed by atoms with Gasteiger partial charge in [0.25, 0.3) is 0 Å². The Balaban J connectivity index is 2.00. The molecule has 0 amide bonds. The molecule has 0 aliphatic heterocycles. The van der Waals surface area contributed by atoms with Crippen molar-refractivity contribution >= 4 is 11.8 Å². The van der Waals surface area contributed by atoms with Crippen LogP contribution in [0, 0.1) is 6.92 Å². The van der Waals surface area contributed by atoms with Crippen molar-refractivity contribution in [2.75, 3.05) is 45.9 Å². The minimum absolute atomic E-state index is 0.00417. The molecule has 0 fully saturated rings. The first-order chi connectivity index (χ1) is 10.8. The Labute approximate surface area is 137 Å². The van der Waals surface area contributed by atoms with Gasteiger partial charge < -0.3 is 19.3 Å². The lowest BCUT2D eigenvalue weighted by Gasteiger charge is -2.08. The molecule has 22 heavy (non-hydrogen) atoms. The van der Waals surface area contributed by atoms with Crippen molar-refractivity contribution in [3.05, 3.63) is 23.5 Å². The van der Waals surface area contributed by atoms with Gasteiger partial charge >= 0.3 is 0 Å². The molecule has 5 nitrogen and oxygen atoms in total. The van der Waals surface area contributed by atoms with E-state index >= 15 is 0 Å². The Bertz CT molecular complexity index is 404. The van der Waals surface area contributed by atoms with E-state index in [-0.39, 0.29) is 6.61 Å². The second-order valence-corrected chi connectivity index (χ2v) is 5.95. The largest absolute Gasteiger partial charge is 0.390 e. The van der Waals surface area contributed by atoms with Gasteiger partial charge in [0.05, 0.1) is 25.5 Å². The Morgan fingerprint density at radius 1 is 1.09 bits per heavy atom. The molecule has 1 rings (SSSR count). The van der Waals surface area contributed by atoms with Crippen LogP contribution in [0.4, 0.5) is 0 Å². The standard InChI is InChI=1S/C16H27NO4S/c1-14-15(13-18)17-6-5-16(14)22-12-4-9-20-7-3-8-21-11-10-19-2/h5-6,18H,3-4,7-13H2,1-2H3. The number of pyridine rings is 1. The van der Waals surface area contributed by atoms with E-state index in [0.29, 0.717) is 13.2 Å². The van der Waals surface area contributed by atoms with E-state index in [1.54, 1.807) is 25.1 Å². The molecule has 0 aliphatic carbocycles. The van der Waals surface area contributed by atoms with Gasteiger partial charge in [-0.1, -0.05) is 0 Å². The molecule has 0 bridgehead atoms. The number of aliphatic hydroxyl groups excluding tert-OH is 1. The SMILES string of the molecule is COCCOCCCOCCCSc1ccnc(CO)c1C. The van der Waals surface area contributed by atoms with Gasteiger partial charge in [-0.15, -0.1) is 11.8 Å². The number of ether oxygens (including phenoxy) is 3. The van der Waals surface area contributed by atoms with Crippen molar-refractivity contribution in [1.82, 2.24) is 4.98 Å². The number of nitrogens with zero attached hydrogens (tertiary/aromatic N) is 1. The molecule has 0 saturated carbocycles. The van der Waals surface area contributed by atoms with Crippen LogP contribution in [0.15, 0.2) is 17.2 Å². The topological polar surface area (TPSA) is 60.8 Å². The molecule has 1 aromatic rings. The van der Waals surface area contributed by atoms with Crippen LogP contribution in [0.1, 0.15) is 24.1 Å². The van der Waals surface area contributed by atoms with Crippen molar-refractivity contribution < 1.29 is 19.3 Å². The van der Waals surface area contributed by atoms with Crippen LogP contribution >= 0.6 is 11.8 Å². The normalized spacial score (nSPS) is 11.0. The molecule has 0 spiro atoms. The van der Waals surface area contributed by atoms with Crippen LogP contribution in [-0.2, 0) is 20.8 Å². The summed E-state index contributed by atoms with van der Waals surface area (Å²) in [5.41, 5.74) is 1.83. The van der Waals surface area contributed by atoms with Gasteiger partial charge in [-0.2, -0.15) is 0 Å². The average molecular weight is 329 g/mol. The van der Waals surface area contributed by atoms with Crippen molar-refractivity contribution in [1.29, 1.82) is 0 Å². The Hall–Kier alpha value is -0.660. The number of thioether (sulfide) groups is 1. The molecular formula is C16H27NO4S. The highest BCUT2D eigenvalue weighted by molar-refractivity contribution is 7.99. The number of rotatable bonds is 13. The summed E-state index contributed by atoms with van der Waals surface area (Å²) in [7, 11) is 1.67. The number of hydrogen-bond acceptors (Lipinski definition) is 6. The third-order valence-electron chi connectivity index (χ3n) is 3.11. The molecule has 1 heterocycles.